The van der Waals surface area contributed by atoms with Gasteiger partial charge in [0.05, 0.1) is 0 Å². The van der Waals surface area contributed by atoms with Crippen LogP contribution in [0.25, 0.3) is 22.3 Å². The summed E-state index contributed by atoms with van der Waals surface area (Å²) in [5.41, 5.74) is -1.60. The third kappa shape index (κ3) is 2.41. The zero-order chi connectivity index (χ0) is 15.1. The first-order chi connectivity index (χ1) is 9.95. The molecule has 0 unspecified atom stereocenters. The van der Waals surface area contributed by atoms with E-state index in [1.54, 1.807) is 0 Å². The van der Waals surface area contributed by atoms with Crippen LogP contribution in [0.15, 0.2) is 27.8 Å². The third-order valence-corrected chi connectivity index (χ3v) is 3.15. The molecule has 0 spiro atoms. The second kappa shape index (κ2) is 4.94. The number of aromatic nitrogens is 4. The van der Waals surface area contributed by atoms with Crippen molar-refractivity contribution in [3.8, 4) is 11.3 Å². The quantitative estimate of drug-likeness (QED) is 0.670. The van der Waals surface area contributed by atoms with Crippen LogP contribution < -0.4 is 11.2 Å². The number of nitrogens with zero attached hydrogens (tertiary/aromatic N) is 2. The Balaban J connectivity index is 2.47. The smallest absolute Gasteiger partial charge is 0.304 e. The van der Waals surface area contributed by atoms with Crippen molar-refractivity contribution in [1.29, 1.82) is 0 Å². The van der Waals surface area contributed by atoms with Crippen molar-refractivity contribution >= 4 is 34.2 Å². The van der Waals surface area contributed by atoms with Crippen molar-refractivity contribution in [2.45, 2.75) is 0 Å². The van der Waals surface area contributed by atoms with Crippen LogP contribution >= 0.6 is 23.2 Å². The number of rotatable bonds is 1. The topological polar surface area (TPSA) is 91.5 Å². The van der Waals surface area contributed by atoms with Crippen molar-refractivity contribution in [1.82, 2.24) is 19.9 Å². The molecule has 0 bridgehead atoms. The number of H-pyrrole nitrogens is 2. The molecule has 0 radical (unpaired) electrons. The minimum atomic E-state index is -0.756. The molecule has 0 saturated carbocycles. The zero-order valence-corrected chi connectivity index (χ0v) is 11.6. The van der Waals surface area contributed by atoms with Crippen molar-refractivity contribution in [3.05, 3.63) is 55.2 Å². The molecule has 0 aliphatic carbocycles. The molecule has 2 heterocycles. The van der Waals surface area contributed by atoms with E-state index in [9.17, 15) is 14.0 Å². The van der Waals surface area contributed by atoms with E-state index in [2.05, 4.69) is 15.0 Å². The van der Waals surface area contributed by atoms with Crippen molar-refractivity contribution in [3.63, 3.8) is 0 Å². The first kappa shape index (κ1) is 13.7. The molecule has 0 amide bonds. The number of hydrogen-bond acceptors (Lipinski definition) is 4. The van der Waals surface area contributed by atoms with Gasteiger partial charge in [-0.05, 0) is 29.8 Å². The van der Waals surface area contributed by atoms with Crippen LogP contribution in [0.4, 0.5) is 4.39 Å². The van der Waals surface area contributed by atoms with Crippen LogP contribution in [-0.4, -0.2) is 19.9 Å². The van der Waals surface area contributed by atoms with Gasteiger partial charge in [-0.15, -0.1) is 0 Å². The van der Waals surface area contributed by atoms with E-state index >= 15 is 0 Å². The molecule has 0 aliphatic rings. The Morgan fingerprint density at radius 2 is 1.86 bits per heavy atom. The molecular weight excluding hydrogens is 322 g/mol. The van der Waals surface area contributed by atoms with Crippen LogP contribution in [0, 0.1) is 5.82 Å². The Morgan fingerprint density at radius 3 is 2.57 bits per heavy atom. The maximum Gasteiger partial charge on any atom is 0.326 e. The number of aromatic amines is 2. The van der Waals surface area contributed by atoms with Crippen LogP contribution in [0.1, 0.15) is 0 Å². The summed E-state index contributed by atoms with van der Waals surface area (Å²) in [6, 6.07) is 3.91. The van der Waals surface area contributed by atoms with Crippen LogP contribution in [0.3, 0.4) is 0 Å². The van der Waals surface area contributed by atoms with Gasteiger partial charge in [-0.25, -0.2) is 19.2 Å². The number of nitrogens with one attached hydrogen (secondary N) is 2. The minimum Gasteiger partial charge on any atom is -0.304 e. The Hall–Kier alpha value is -2.25. The van der Waals surface area contributed by atoms with Crippen molar-refractivity contribution in [2.24, 2.45) is 0 Å². The molecule has 2 aromatic heterocycles. The number of fused-ring (bicyclic) bond motifs is 1. The third-order valence-electron chi connectivity index (χ3n) is 2.75. The summed E-state index contributed by atoms with van der Waals surface area (Å²) in [6.45, 7) is 0. The summed E-state index contributed by atoms with van der Waals surface area (Å²) < 4.78 is 14.0. The van der Waals surface area contributed by atoms with Gasteiger partial charge in [-0.3, -0.25) is 9.78 Å². The lowest BCUT2D eigenvalue weighted by Gasteiger charge is -2.06. The van der Waals surface area contributed by atoms with Crippen molar-refractivity contribution in [2.75, 3.05) is 0 Å². The number of hydrogen-bond donors (Lipinski definition) is 2. The van der Waals surface area contributed by atoms with E-state index in [4.69, 9.17) is 23.2 Å². The second-order valence-electron chi connectivity index (χ2n) is 4.10. The van der Waals surface area contributed by atoms with Crippen LogP contribution in [-0.2, 0) is 0 Å². The summed E-state index contributed by atoms with van der Waals surface area (Å²) in [6.07, 6.45) is 0. The maximum atomic E-state index is 14.0. The Bertz CT molecular complexity index is 983. The molecule has 3 aromatic rings. The zero-order valence-electron chi connectivity index (χ0n) is 10.1. The summed E-state index contributed by atoms with van der Waals surface area (Å²) in [5, 5.41) is -0.0450. The molecule has 0 atom stereocenters. The highest BCUT2D eigenvalue weighted by molar-refractivity contribution is 6.30. The lowest BCUT2D eigenvalue weighted by Crippen LogP contribution is -2.23. The van der Waals surface area contributed by atoms with Gasteiger partial charge in [0.1, 0.15) is 17.0 Å². The summed E-state index contributed by atoms with van der Waals surface area (Å²) >= 11 is 11.4. The minimum absolute atomic E-state index is 0.00219. The van der Waals surface area contributed by atoms with E-state index in [0.29, 0.717) is 0 Å². The average Bonchev–Trinajstić information content (AvgIpc) is 2.39. The molecule has 6 nitrogen and oxygen atoms in total. The first-order valence-electron chi connectivity index (χ1n) is 5.61. The largest absolute Gasteiger partial charge is 0.326 e. The molecule has 0 aliphatic heterocycles. The van der Waals surface area contributed by atoms with Crippen LogP contribution in [0.5, 0.6) is 0 Å². The van der Waals surface area contributed by atoms with Gasteiger partial charge in [0.25, 0.3) is 5.56 Å². The van der Waals surface area contributed by atoms with E-state index in [0.717, 1.165) is 6.07 Å². The predicted molar refractivity (Wildman–Crippen MR) is 76.2 cm³/mol. The summed E-state index contributed by atoms with van der Waals surface area (Å²) in [5.74, 6) is -0.667. The van der Waals surface area contributed by atoms with Gasteiger partial charge in [-0.2, -0.15) is 0 Å². The normalized spacial score (nSPS) is 11.0. The maximum absolute atomic E-state index is 14.0. The van der Waals surface area contributed by atoms with Crippen LogP contribution in [0.2, 0.25) is 10.3 Å². The molecule has 1 aromatic carbocycles. The summed E-state index contributed by atoms with van der Waals surface area (Å²) in [7, 11) is 0. The fraction of sp³-hybridized carbons (Fsp3) is 0. The SMILES string of the molecule is O=c1[nH]c(=O)c2nc(Cl)nc(-c3ccc(Cl)cc3F)c2[nH]1. The lowest BCUT2D eigenvalue weighted by atomic mass is 10.1. The fourth-order valence-corrected chi connectivity index (χ4v) is 2.23. The number of benzene rings is 1. The predicted octanol–water partition coefficient (Wildman–Crippen LogP) is 2.12. The summed E-state index contributed by atoms with van der Waals surface area (Å²) in [4.78, 5) is 35.2. The van der Waals surface area contributed by atoms with E-state index in [1.165, 1.54) is 12.1 Å². The lowest BCUT2D eigenvalue weighted by molar-refractivity contribution is 0.631. The van der Waals surface area contributed by atoms with E-state index in [-0.39, 0.29) is 32.6 Å². The molecule has 0 saturated heterocycles. The molecule has 3 rings (SSSR count). The monoisotopic (exact) mass is 326 g/mol. The average molecular weight is 327 g/mol. The Labute approximate surface area is 125 Å². The Kier molecular flexibility index (Phi) is 3.23. The standard InChI is InChI=1S/C12H5Cl2FN4O2/c13-4-1-2-5(6(15)3-4)7-8-9(17-11(14)16-7)10(20)19-12(21)18-8/h1-3H,(H2,18,19,20,21). The van der Waals surface area contributed by atoms with Gasteiger partial charge in [-0.1, -0.05) is 11.6 Å². The van der Waals surface area contributed by atoms with Gasteiger partial charge >= 0.3 is 5.69 Å². The van der Waals surface area contributed by atoms with Gasteiger partial charge in [0, 0.05) is 10.6 Å². The number of halogens is 3. The van der Waals surface area contributed by atoms with Gasteiger partial charge in [0.2, 0.25) is 5.28 Å². The fourth-order valence-electron chi connectivity index (χ4n) is 1.90. The first-order valence-corrected chi connectivity index (χ1v) is 6.36. The molecular formula is C12H5Cl2FN4O2. The van der Waals surface area contributed by atoms with E-state index < -0.39 is 17.1 Å². The molecule has 0 fully saturated rings. The highest BCUT2D eigenvalue weighted by Crippen LogP contribution is 2.28. The Morgan fingerprint density at radius 1 is 1.10 bits per heavy atom. The molecule has 9 heteroatoms. The molecule has 106 valence electrons. The van der Waals surface area contributed by atoms with Crippen molar-refractivity contribution < 1.29 is 4.39 Å². The highest BCUT2D eigenvalue weighted by Gasteiger charge is 2.16. The van der Waals surface area contributed by atoms with E-state index in [1.807, 2.05) is 4.98 Å². The second-order valence-corrected chi connectivity index (χ2v) is 4.87. The molecule has 21 heavy (non-hydrogen) atoms. The van der Waals surface area contributed by atoms with Gasteiger partial charge < -0.3 is 4.98 Å². The van der Waals surface area contributed by atoms with Gasteiger partial charge in [0.15, 0.2) is 5.52 Å². The molecule has 2 N–H and O–H groups in total. The highest BCUT2D eigenvalue weighted by atomic mass is 35.5.